The van der Waals surface area contributed by atoms with E-state index in [0.29, 0.717) is 11.1 Å². The molecular weight excluding hydrogens is 522 g/mol. The number of fused-ring (bicyclic) bond motifs is 2. The van der Waals surface area contributed by atoms with E-state index in [1.807, 2.05) is 0 Å². The second kappa shape index (κ2) is 9.94. The molecule has 2 radical (unpaired) electrons. The van der Waals surface area contributed by atoms with Crippen molar-refractivity contribution in [3.63, 3.8) is 0 Å². The second-order valence-corrected chi connectivity index (χ2v) is 7.51. The molecule has 2 saturated heterocycles. The Morgan fingerprint density at radius 1 is 0.714 bits per heavy atom. The van der Waals surface area contributed by atoms with Crippen molar-refractivity contribution in [2.45, 2.75) is 63.7 Å². The average molecular weight is 546 g/mol. The van der Waals surface area contributed by atoms with E-state index in [1.165, 1.54) is 12.2 Å². The second-order valence-electron chi connectivity index (χ2n) is 7.51. The molecule has 4 aliphatic rings. The zero-order valence-electron chi connectivity index (χ0n) is 16.4. The van der Waals surface area contributed by atoms with Crippen molar-refractivity contribution in [3.8, 4) is 0 Å². The van der Waals surface area contributed by atoms with Crippen molar-refractivity contribution >= 4 is 11.6 Å². The molecule has 0 saturated carbocycles. The van der Waals surface area contributed by atoms with Gasteiger partial charge in [0.1, 0.15) is 12.2 Å². The summed E-state index contributed by atoms with van der Waals surface area (Å²) in [5.74, 6) is -1.67. The number of carbonyl (C=O) groups excluding carboxylic acids is 2. The van der Waals surface area contributed by atoms with Gasteiger partial charge in [-0.05, 0) is 51.0 Å². The van der Waals surface area contributed by atoms with Crippen LogP contribution in [0.5, 0.6) is 0 Å². The largest absolute Gasteiger partial charge is 0.392 e. The number of rotatable bonds is 2. The van der Waals surface area contributed by atoms with Crippen LogP contribution in [0.1, 0.15) is 27.7 Å². The van der Waals surface area contributed by atoms with E-state index in [9.17, 15) is 9.59 Å². The van der Waals surface area contributed by atoms with E-state index in [0.717, 1.165) is 0 Å². The standard InChI is InChI=1S/2C9H12O4.2Y/c2*1-9(2)12-7-5(4-10)3-6(11)8(7)13-9;;/h2*3,7-8,10H,4H2,1-2H3;;/t2*7-,8?;;/m10../s1. The molecule has 0 amide bonds. The van der Waals surface area contributed by atoms with Gasteiger partial charge in [0.05, 0.1) is 13.2 Å². The van der Waals surface area contributed by atoms with Crippen molar-refractivity contribution in [1.82, 2.24) is 0 Å². The average Bonchev–Trinajstić information content (AvgIpc) is 3.21. The fourth-order valence-corrected chi connectivity index (χ4v) is 3.45. The molecule has 2 unspecified atom stereocenters. The summed E-state index contributed by atoms with van der Waals surface area (Å²) < 4.78 is 21.7. The van der Waals surface area contributed by atoms with Gasteiger partial charge in [-0.1, -0.05) is 0 Å². The number of aliphatic hydroxyl groups excluding tert-OH is 2. The molecule has 2 aliphatic carbocycles. The molecule has 2 fully saturated rings. The summed E-state index contributed by atoms with van der Waals surface area (Å²) in [6.07, 6.45) is 0.962. The number of ether oxygens (including phenoxy) is 4. The maximum atomic E-state index is 11.3. The van der Waals surface area contributed by atoms with Gasteiger partial charge in [-0.3, -0.25) is 9.59 Å². The zero-order valence-corrected chi connectivity index (χ0v) is 22.1. The van der Waals surface area contributed by atoms with E-state index in [-0.39, 0.29) is 102 Å². The maximum Gasteiger partial charge on any atom is 0.187 e. The quantitative estimate of drug-likeness (QED) is 0.499. The van der Waals surface area contributed by atoms with Gasteiger partial charge in [-0.25, -0.2) is 0 Å². The van der Waals surface area contributed by atoms with Crippen LogP contribution in [0.4, 0.5) is 0 Å². The van der Waals surface area contributed by atoms with Crippen molar-refractivity contribution in [2.75, 3.05) is 13.2 Å². The van der Waals surface area contributed by atoms with E-state index in [1.54, 1.807) is 27.7 Å². The summed E-state index contributed by atoms with van der Waals surface area (Å²) in [6.45, 7) is 6.74. The first-order valence-corrected chi connectivity index (χ1v) is 8.48. The van der Waals surface area contributed by atoms with Gasteiger partial charge in [0.15, 0.2) is 35.3 Å². The van der Waals surface area contributed by atoms with Gasteiger partial charge in [-0.15, -0.1) is 0 Å². The predicted octanol–water partition coefficient (Wildman–Crippen LogP) is 0.0108. The SMILES string of the molecule is CC1(C)OC2C(=O)C=C(CO)[C@@H]2O1.CC1(C)OC2C(=O)C=C(CO)[C@H]2O1.[Y].[Y]. The Labute approximate surface area is 214 Å². The Morgan fingerprint density at radius 3 is 1.29 bits per heavy atom. The first-order valence-electron chi connectivity index (χ1n) is 8.48. The monoisotopic (exact) mass is 546 g/mol. The summed E-state index contributed by atoms with van der Waals surface area (Å²) in [6, 6.07) is 0. The van der Waals surface area contributed by atoms with Crippen molar-refractivity contribution in [2.24, 2.45) is 0 Å². The number of ketones is 2. The first kappa shape index (κ1) is 26.8. The predicted molar refractivity (Wildman–Crippen MR) is 88.0 cm³/mol. The van der Waals surface area contributed by atoms with Crippen LogP contribution in [-0.2, 0) is 94.0 Å². The van der Waals surface area contributed by atoms with Crippen LogP contribution >= 0.6 is 0 Å². The Morgan fingerprint density at radius 2 is 1.00 bits per heavy atom. The minimum atomic E-state index is -0.723. The van der Waals surface area contributed by atoms with Crippen molar-refractivity contribution < 1.29 is 104 Å². The third-order valence-electron chi connectivity index (χ3n) is 4.51. The molecule has 0 bridgehead atoms. The van der Waals surface area contributed by atoms with Gasteiger partial charge in [-0.2, -0.15) is 0 Å². The van der Waals surface area contributed by atoms with Crippen LogP contribution in [0.15, 0.2) is 23.3 Å². The normalized spacial score (nSPS) is 33.6. The zero-order chi connectivity index (χ0) is 19.3. The fraction of sp³-hybridized carbons (Fsp3) is 0.667. The molecule has 8 nitrogen and oxygen atoms in total. The number of hydrogen-bond acceptors (Lipinski definition) is 8. The Bertz CT molecular complexity index is 627. The molecule has 2 heterocycles. The van der Waals surface area contributed by atoms with Gasteiger partial charge >= 0.3 is 0 Å². The van der Waals surface area contributed by atoms with E-state index in [4.69, 9.17) is 29.2 Å². The topological polar surface area (TPSA) is 112 Å². The van der Waals surface area contributed by atoms with Crippen LogP contribution in [0.3, 0.4) is 0 Å². The minimum absolute atomic E-state index is 0. The Hall–Kier alpha value is 0.788. The van der Waals surface area contributed by atoms with E-state index < -0.39 is 23.8 Å². The molecule has 4 atom stereocenters. The first-order chi connectivity index (χ1) is 12.1. The summed E-state index contributed by atoms with van der Waals surface area (Å²) in [5, 5.41) is 17.9. The number of carbonyl (C=O) groups is 2. The summed E-state index contributed by atoms with van der Waals surface area (Å²) in [5.41, 5.74) is 1.22. The van der Waals surface area contributed by atoms with Crippen molar-refractivity contribution in [1.29, 1.82) is 0 Å². The number of hydrogen-bond donors (Lipinski definition) is 2. The molecule has 0 aromatic carbocycles. The smallest absolute Gasteiger partial charge is 0.187 e. The number of aliphatic hydroxyl groups is 2. The molecule has 2 N–H and O–H groups in total. The third kappa shape index (κ3) is 5.52. The van der Waals surface area contributed by atoms with Gasteiger partial charge < -0.3 is 29.2 Å². The molecule has 0 aromatic rings. The molecule has 0 aromatic heterocycles. The Kier molecular flexibility index (Phi) is 9.52. The summed E-state index contributed by atoms with van der Waals surface area (Å²) in [4.78, 5) is 22.6. The van der Waals surface area contributed by atoms with Gasteiger partial charge in [0, 0.05) is 65.4 Å². The van der Waals surface area contributed by atoms with Crippen LogP contribution in [0, 0.1) is 0 Å². The van der Waals surface area contributed by atoms with Gasteiger partial charge in [0.2, 0.25) is 0 Å². The molecule has 150 valence electrons. The Balaban J connectivity index is 0.000000261. The van der Waals surface area contributed by atoms with Crippen molar-refractivity contribution in [3.05, 3.63) is 23.3 Å². The van der Waals surface area contributed by atoms with Crippen LogP contribution in [0.2, 0.25) is 0 Å². The summed E-state index contributed by atoms with van der Waals surface area (Å²) >= 11 is 0. The molecule has 2 aliphatic heterocycles. The molecule has 4 rings (SSSR count). The minimum Gasteiger partial charge on any atom is -0.392 e. The van der Waals surface area contributed by atoms with Crippen LogP contribution in [-0.4, -0.2) is 71.0 Å². The molecule has 28 heavy (non-hydrogen) atoms. The van der Waals surface area contributed by atoms with Crippen LogP contribution < -0.4 is 0 Å². The van der Waals surface area contributed by atoms with E-state index >= 15 is 0 Å². The maximum absolute atomic E-state index is 11.3. The molecular formula is C18H24O8Y2. The molecule has 0 spiro atoms. The van der Waals surface area contributed by atoms with E-state index in [2.05, 4.69) is 0 Å². The van der Waals surface area contributed by atoms with Gasteiger partial charge in [0.25, 0.3) is 0 Å². The molecule has 10 heteroatoms. The fourth-order valence-electron chi connectivity index (χ4n) is 3.45. The van der Waals surface area contributed by atoms with Crippen LogP contribution in [0.25, 0.3) is 0 Å². The summed E-state index contributed by atoms with van der Waals surface area (Å²) in [7, 11) is 0. The third-order valence-corrected chi connectivity index (χ3v) is 4.51.